The number of carbonyl (C=O) groups is 2. The summed E-state index contributed by atoms with van der Waals surface area (Å²) in [6.07, 6.45) is 8.24. The van der Waals surface area contributed by atoms with Gasteiger partial charge in [-0.2, -0.15) is 0 Å². The first-order chi connectivity index (χ1) is 8.62. The zero-order chi connectivity index (χ0) is 14.2. The molecular weight excluding hydrogens is 232 g/mol. The summed E-state index contributed by atoms with van der Waals surface area (Å²) in [4.78, 5) is 20.6. The number of allylic oxidation sites excluding steroid dienone is 1. The fourth-order valence-electron chi connectivity index (χ4n) is 0.587. The van der Waals surface area contributed by atoms with Crippen LogP contribution in [0, 0.1) is 0 Å². The summed E-state index contributed by atoms with van der Waals surface area (Å²) in [6, 6.07) is 0. The molecule has 0 fully saturated rings. The van der Waals surface area contributed by atoms with Crippen molar-refractivity contribution in [3.8, 4) is 0 Å². The van der Waals surface area contributed by atoms with Gasteiger partial charge in [0.2, 0.25) is 0 Å². The normalized spacial score (nSPS) is 8.72. The maximum atomic E-state index is 10.3. The fraction of sp³-hybridized carbons (Fsp3) is 0.286. The Hall–Kier alpha value is -2.10. The molecule has 0 heterocycles. The summed E-state index contributed by atoms with van der Waals surface area (Å²) < 4.78 is 9.19. The van der Waals surface area contributed by atoms with Gasteiger partial charge in [-0.3, -0.25) is 0 Å². The summed E-state index contributed by atoms with van der Waals surface area (Å²) in [6.45, 7) is 12.5. The molecule has 4 nitrogen and oxygen atoms in total. The number of rotatable bonds is 7. The molecule has 0 unspecified atom stereocenters. The highest BCUT2D eigenvalue weighted by atomic mass is 16.5. The maximum absolute atomic E-state index is 10.3. The van der Waals surface area contributed by atoms with Crippen molar-refractivity contribution in [1.82, 2.24) is 0 Å². The molecule has 0 aliphatic carbocycles. The summed E-state index contributed by atoms with van der Waals surface area (Å²) in [7, 11) is 0. The molecule has 0 atom stereocenters. The van der Waals surface area contributed by atoms with Gasteiger partial charge in [-0.1, -0.05) is 31.4 Å². The van der Waals surface area contributed by atoms with Crippen LogP contribution in [0.1, 0.15) is 13.3 Å². The highest BCUT2D eigenvalue weighted by molar-refractivity contribution is 5.81. The first-order valence-corrected chi connectivity index (χ1v) is 5.42. The number of carbonyl (C=O) groups excluding carboxylic acids is 2. The van der Waals surface area contributed by atoms with E-state index >= 15 is 0 Å². The zero-order valence-corrected chi connectivity index (χ0v) is 10.8. The van der Waals surface area contributed by atoms with Crippen LogP contribution in [0.3, 0.4) is 0 Å². The Morgan fingerprint density at radius 3 is 2.06 bits per heavy atom. The predicted molar refractivity (Wildman–Crippen MR) is 71.9 cm³/mol. The van der Waals surface area contributed by atoms with E-state index in [-0.39, 0.29) is 11.9 Å². The Labute approximate surface area is 108 Å². The molecule has 0 spiro atoms. The van der Waals surface area contributed by atoms with E-state index in [0.29, 0.717) is 19.6 Å². The van der Waals surface area contributed by atoms with E-state index in [0.717, 1.165) is 12.2 Å². The monoisotopic (exact) mass is 252 g/mol. The van der Waals surface area contributed by atoms with Gasteiger partial charge >= 0.3 is 11.9 Å². The van der Waals surface area contributed by atoms with Crippen molar-refractivity contribution < 1.29 is 19.1 Å². The smallest absolute Gasteiger partial charge is 0.330 e. The van der Waals surface area contributed by atoms with E-state index in [2.05, 4.69) is 29.2 Å². The SMILES string of the molecule is C=CC(=O)OCC=CC.C=CCCOC(=O)C=C. The van der Waals surface area contributed by atoms with Crippen molar-refractivity contribution in [2.75, 3.05) is 13.2 Å². The molecule has 0 aromatic rings. The minimum atomic E-state index is -0.381. The first kappa shape index (κ1) is 18.3. The third kappa shape index (κ3) is 16.3. The number of ether oxygens (including phenoxy) is 2. The van der Waals surface area contributed by atoms with E-state index in [1.807, 2.05) is 13.0 Å². The third-order valence-corrected chi connectivity index (χ3v) is 1.46. The van der Waals surface area contributed by atoms with Crippen molar-refractivity contribution in [1.29, 1.82) is 0 Å². The first-order valence-electron chi connectivity index (χ1n) is 5.42. The molecule has 0 aliphatic heterocycles. The molecule has 0 amide bonds. The van der Waals surface area contributed by atoms with Crippen LogP contribution in [0.25, 0.3) is 0 Å². The fourth-order valence-corrected chi connectivity index (χ4v) is 0.587. The number of esters is 2. The number of hydrogen-bond donors (Lipinski definition) is 0. The van der Waals surface area contributed by atoms with Crippen molar-refractivity contribution in [3.05, 3.63) is 50.1 Å². The van der Waals surface area contributed by atoms with Crippen molar-refractivity contribution in [3.63, 3.8) is 0 Å². The molecule has 0 saturated heterocycles. The topological polar surface area (TPSA) is 52.6 Å². The Bertz CT molecular complexity index is 303. The summed E-state index contributed by atoms with van der Waals surface area (Å²) in [5, 5.41) is 0. The molecular formula is C14H20O4. The molecule has 0 aromatic carbocycles. The molecule has 0 N–H and O–H groups in total. The van der Waals surface area contributed by atoms with Crippen LogP contribution in [0.2, 0.25) is 0 Å². The molecule has 100 valence electrons. The Morgan fingerprint density at radius 2 is 1.61 bits per heavy atom. The van der Waals surface area contributed by atoms with Crippen molar-refractivity contribution >= 4 is 11.9 Å². The van der Waals surface area contributed by atoms with Crippen LogP contribution in [0.15, 0.2) is 50.1 Å². The molecule has 0 radical (unpaired) electrons. The minimum absolute atomic E-state index is 0.335. The van der Waals surface area contributed by atoms with Crippen LogP contribution in [-0.4, -0.2) is 25.2 Å². The lowest BCUT2D eigenvalue weighted by Crippen LogP contribution is -2.00. The van der Waals surface area contributed by atoms with E-state index in [4.69, 9.17) is 0 Å². The molecule has 0 aliphatic rings. The van der Waals surface area contributed by atoms with Gasteiger partial charge in [0, 0.05) is 12.2 Å². The van der Waals surface area contributed by atoms with E-state index in [9.17, 15) is 9.59 Å². The molecule has 0 bridgehead atoms. The molecule has 4 heteroatoms. The quantitative estimate of drug-likeness (QED) is 0.302. The van der Waals surface area contributed by atoms with Crippen LogP contribution in [-0.2, 0) is 19.1 Å². The van der Waals surface area contributed by atoms with Crippen molar-refractivity contribution in [2.45, 2.75) is 13.3 Å². The molecule has 0 aromatic heterocycles. The van der Waals surface area contributed by atoms with E-state index in [1.165, 1.54) is 0 Å². The Morgan fingerprint density at radius 1 is 1.06 bits per heavy atom. The average Bonchev–Trinajstić information content (AvgIpc) is 2.39. The van der Waals surface area contributed by atoms with Gasteiger partial charge in [-0.15, -0.1) is 6.58 Å². The Kier molecular flexibility index (Phi) is 15.1. The van der Waals surface area contributed by atoms with Crippen molar-refractivity contribution in [2.24, 2.45) is 0 Å². The van der Waals surface area contributed by atoms with Gasteiger partial charge < -0.3 is 9.47 Å². The molecule has 0 saturated carbocycles. The lowest BCUT2D eigenvalue weighted by atomic mass is 10.4. The van der Waals surface area contributed by atoms with Crippen LogP contribution < -0.4 is 0 Å². The maximum Gasteiger partial charge on any atom is 0.330 e. The zero-order valence-electron chi connectivity index (χ0n) is 10.8. The summed E-state index contributed by atoms with van der Waals surface area (Å²) in [5.41, 5.74) is 0. The van der Waals surface area contributed by atoms with Gasteiger partial charge in [0.15, 0.2) is 0 Å². The lowest BCUT2D eigenvalue weighted by molar-refractivity contribution is -0.138. The lowest BCUT2D eigenvalue weighted by Gasteiger charge is -1.95. The third-order valence-electron chi connectivity index (χ3n) is 1.46. The van der Waals surface area contributed by atoms with Crippen LogP contribution >= 0.6 is 0 Å². The van der Waals surface area contributed by atoms with E-state index in [1.54, 1.807) is 12.2 Å². The van der Waals surface area contributed by atoms with Crippen LogP contribution in [0.5, 0.6) is 0 Å². The van der Waals surface area contributed by atoms with E-state index < -0.39 is 0 Å². The second-order valence-electron chi connectivity index (χ2n) is 2.85. The molecule has 0 rings (SSSR count). The van der Waals surface area contributed by atoms with Gasteiger partial charge in [0.05, 0.1) is 6.61 Å². The van der Waals surface area contributed by atoms with Gasteiger partial charge in [-0.05, 0) is 13.3 Å². The second kappa shape index (κ2) is 14.9. The second-order valence-corrected chi connectivity index (χ2v) is 2.85. The largest absolute Gasteiger partial charge is 0.462 e. The average molecular weight is 252 g/mol. The van der Waals surface area contributed by atoms with Gasteiger partial charge in [0.25, 0.3) is 0 Å². The molecule has 18 heavy (non-hydrogen) atoms. The summed E-state index contributed by atoms with van der Waals surface area (Å²) in [5.74, 6) is -0.759. The van der Waals surface area contributed by atoms with Gasteiger partial charge in [0.1, 0.15) is 6.61 Å². The Balaban J connectivity index is 0. The summed E-state index contributed by atoms with van der Waals surface area (Å²) >= 11 is 0. The standard InChI is InChI=1S/2C7H10O2/c2*1-3-5-6-9-7(8)4-2/h3-5H,2,6H2,1H3;3-4H,1-2,5-6H2. The number of hydrogen-bond acceptors (Lipinski definition) is 4. The highest BCUT2D eigenvalue weighted by Gasteiger charge is 1.90. The minimum Gasteiger partial charge on any atom is -0.462 e. The highest BCUT2D eigenvalue weighted by Crippen LogP contribution is 1.84. The predicted octanol–water partition coefficient (Wildman–Crippen LogP) is 2.58. The van der Waals surface area contributed by atoms with Crippen LogP contribution in [0.4, 0.5) is 0 Å². The van der Waals surface area contributed by atoms with Gasteiger partial charge in [-0.25, -0.2) is 9.59 Å².